The summed E-state index contributed by atoms with van der Waals surface area (Å²) in [5.74, 6) is -0.203. The Hall–Kier alpha value is -2.31. The van der Waals surface area contributed by atoms with Crippen molar-refractivity contribution in [1.29, 1.82) is 0 Å². The molecule has 0 amide bonds. The van der Waals surface area contributed by atoms with Gasteiger partial charge in [0.05, 0.1) is 28.6 Å². The maximum atomic E-state index is 10.9. The molecule has 5 nitrogen and oxygen atoms in total. The minimum atomic E-state index is -3.91. The van der Waals surface area contributed by atoms with Crippen molar-refractivity contribution in [2.45, 2.75) is 60.3 Å². The Kier molecular flexibility index (Phi) is 8.50. The molecule has 30 heavy (non-hydrogen) atoms. The average molecular weight is 429 g/mol. The summed E-state index contributed by atoms with van der Waals surface area (Å²) in [6.45, 7) is 10.2. The maximum absolute atomic E-state index is 10.9. The van der Waals surface area contributed by atoms with E-state index in [1.54, 1.807) is 0 Å². The lowest BCUT2D eigenvalue weighted by molar-refractivity contribution is 0.479. The number of aliphatic imine (C=N–C) groups is 2. The molecule has 0 spiro atoms. The van der Waals surface area contributed by atoms with Crippen LogP contribution in [0.25, 0.3) is 0 Å². The smallest absolute Gasteiger partial charge is 0.264 e. The van der Waals surface area contributed by atoms with E-state index in [0.29, 0.717) is 19.3 Å². The molecule has 0 unspecified atom stereocenters. The first-order chi connectivity index (χ1) is 14.1. The van der Waals surface area contributed by atoms with Gasteiger partial charge in [0, 0.05) is 0 Å². The zero-order valence-electron chi connectivity index (χ0n) is 18.6. The highest BCUT2D eigenvalue weighted by molar-refractivity contribution is 7.85. The zero-order valence-corrected chi connectivity index (χ0v) is 19.4. The van der Waals surface area contributed by atoms with Gasteiger partial charge in [0.15, 0.2) is 0 Å². The quantitative estimate of drug-likeness (QED) is 0.292. The molecule has 0 aliphatic rings. The summed E-state index contributed by atoms with van der Waals surface area (Å²) in [5.41, 5.74) is 8.16. The van der Waals surface area contributed by atoms with Gasteiger partial charge in [-0.25, -0.2) is 0 Å². The van der Waals surface area contributed by atoms with Crippen LogP contribution in [-0.2, 0) is 10.1 Å². The van der Waals surface area contributed by atoms with Crippen LogP contribution >= 0.6 is 0 Å². The van der Waals surface area contributed by atoms with E-state index in [-0.39, 0.29) is 5.75 Å². The standard InChI is InChI=1S/C24H32N2O3S/c1-17-11-9-12-18(2)23(17)25-21(5)22(15-7-6-8-16-30(27,28)29)26-24-19(3)13-10-14-20(24)4/h9-14H,6-8,15-16H2,1-5H3,(H,27,28,29). The van der Waals surface area contributed by atoms with Gasteiger partial charge >= 0.3 is 0 Å². The summed E-state index contributed by atoms with van der Waals surface area (Å²) in [6, 6.07) is 12.3. The SMILES string of the molecule is CC(=Nc1c(C)cccc1C)C(CCCCCS(=O)(=O)O)=Nc1c(C)cccc1C. The molecule has 0 aromatic heterocycles. The lowest BCUT2D eigenvalue weighted by Crippen LogP contribution is -2.11. The van der Waals surface area contributed by atoms with Gasteiger partial charge in [0.2, 0.25) is 0 Å². The molecule has 6 heteroatoms. The van der Waals surface area contributed by atoms with Crippen LogP contribution in [0.2, 0.25) is 0 Å². The molecule has 0 atom stereocenters. The Labute approximate surface area is 180 Å². The lowest BCUT2D eigenvalue weighted by atomic mass is 10.0. The number of nitrogens with zero attached hydrogens (tertiary/aromatic N) is 2. The van der Waals surface area contributed by atoms with Crippen molar-refractivity contribution < 1.29 is 13.0 Å². The third kappa shape index (κ3) is 7.18. The molecule has 2 aromatic carbocycles. The van der Waals surface area contributed by atoms with Gasteiger partial charge in [-0.15, -0.1) is 0 Å². The maximum Gasteiger partial charge on any atom is 0.264 e. The number of rotatable bonds is 9. The molecule has 0 saturated heterocycles. The first-order valence-electron chi connectivity index (χ1n) is 10.3. The minimum absolute atomic E-state index is 0.203. The van der Waals surface area contributed by atoms with E-state index in [1.807, 2.05) is 45.0 Å². The van der Waals surface area contributed by atoms with Crippen LogP contribution in [0.5, 0.6) is 0 Å². The second kappa shape index (κ2) is 10.6. The van der Waals surface area contributed by atoms with Crippen LogP contribution in [0.15, 0.2) is 46.4 Å². The lowest BCUT2D eigenvalue weighted by Gasteiger charge is -2.12. The van der Waals surface area contributed by atoms with Crippen molar-refractivity contribution in [3.05, 3.63) is 58.7 Å². The van der Waals surface area contributed by atoms with Gasteiger partial charge in [0.1, 0.15) is 0 Å². The van der Waals surface area contributed by atoms with E-state index in [9.17, 15) is 8.42 Å². The number of unbranched alkanes of at least 4 members (excludes halogenated alkanes) is 2. The summed E-state index contributed by atoms with van der Waals surface area (Å²) in [5, 5.41) is 0. The average Bonchev–Trinajstić information content (AvgIpc) is 2.65. The predicted octanol–water partition coefficient (Wildman–Crippen LogP) is 6.23. The van der Waals surface area contributed by atoms with Gasteiger partial charge < -0.3 is 0 Å². The van der Waals surface area contributed by atoms with Crippen molar-refractivity contribution in [3.63, 3.8) is 0 Å². The topological polar surface area (TPSA) is 79.1 Å². The fourth-order valence-electron chi connectivity index (χ4n) is 3.40. The molecule has 1 N–H and O–H groups in total. The van der Waals surface area contributed by atoms with Gasteiger partial charge in [-0.2, -0.15) is 8.42 Å². The Morgan fingerprint density at radius 3 is 1.73 bits per heavy atom. The second-order valence-electron chi connectivity index (χ2n) is 7.83. The van der Waals surface area contributed by atoms with Crippen molar-refractivity contribution in [2.24, 2.45) is 9.98 Å². The molecule has 0 heterocycles. The zero-order chi connectivity index (χ0) is 22.3. The molecule has 0 saturated carbocycles. The molecule has 2 rings (SSSR count). The molecular weight excluding hydrogens is 396 g/mol. The molecule has 0 aliphatic carbocycles. The monoisotopic (exact) mass is 428 g/mol. The normalized spacial score (nSPS) is 13.0. The molecule has 0 radical (unpaired) electrons. The Morgan fingerprint density at radius 2 is 1.27 bits per heavy atom. The molecule has 0 bridgehead atoms. The van der Waals surface area contributed by atoms with Crippen LogP contribution < -0.4 is 0 Å². The van der Waals surface area contributed by atoms with E-state index < -0.39 is 10.1 Å². The first kappa shape index (κ1) is 24.0. The summed E-state index contributed by atoms with van der Waals surface area (Å²) in [7, 11) is -3.91. The largest absolute Gasteiger partial charge is 0.286 e. The van der Waals surface area contributed by atoms with Gasteiger partial charge in [-0.05, 0) is 76.1 Å². The summed E-state index contributed by atoms with van der Waals surface area (Å²) < 4.78 is 30.8. The fraction of sp³-hybridized carbons (Fsp3) is 0.417. The highest BCUT2D eigenvalue weighted by Crippen LogP contribution is 2.26. The van der Waals surface area contributed by atoms with E-state index >= 15 is 0 Å². The Morgan fingerprint density at radius 1 is 0.800 bits per heavy atom. The number of benzene rings is 2. The van der Waals surface area contributed by atoms with E-state index in [4.69, 9.17) is 14.5 Å². The first-order valence-corrected chi connectivity index (χ1v) is 11.9. The van der Waals surface area contributed by atoms with Gasteiger partial charge in [-0.1, -0.05) is 42.8 Å². The van der Waals surface area contributed by atoms with Crippen molar-refractivity contribution in [1.82, 2.24) is 0 Å². The van der Waals surface area contributed by atoms with Crippen LogP contribution in [0, 0.1) is 27.7 Å². The Balaban J connectivity index is 2.33. The van der Waals surface area contributed by atoms with Crippen LogP contribution in [0.4, 0.5) is 11.4 Å². The number of hydrogen-bond donors (Lipinski definition) is 1. The highest BCUT2D eigenvalue weighted by Gasteiger charge is 2.11. The third-order valence-electron chi connectivity index (χ3n) is 5.14. The molecule has 0 aliphatic heterocycles. The minimum Gasteiger partial charge on any atom is -0.286 e. The summed E-state index contributed by atoms with van der Waals surface area (Å²) >= 11 is 0. The van der Waals surface area contributed by atoms with E-state index in [0.717, 1.165) is 51.5 Å². The van der Waals surface area contributed by atoms with E-state index in [1.165, 1.54) is 0 Å². The summed E-state index contributed by atoms with van der Waals surface area (Å²) in [6.07, 6.45) is 2.60. The molecule has 0 fully saturated rings. The third-order valence-corrected chi connectivity index (χ3v) is 5.94. The van der Waals surface area contributed by atoms with E-state index in [2.05, 4.69) is 26.0 Å². The van der Waals surface area contributed by atoms with Crippen molar-refractivity contribution >= 4 is 32.9 Å². The van der Waals surface area contributed by atoms with Crippen molar-refractivity contribution in [2.75, 3.05) is 5.75 Å². The number of para-hydroxylation sites is 2. The number of hydrogen-bond acceptors (Lipinski definition) is 4. The number of aryl methyl sites for hydroxylation is 4. The van der Waals surface area contributed by atoms with Crippen molar-refractivity contribution in [3.8, 4) is 0 Å². The van der Waals surface area contributed by atoms with Crippen LogP contribution in [0.3, 0.4) is 0 Å². The second-order valence-corrected chi connectivity index (χ2v) is 9.41. The van der Waals surface area contributed by atoms with Gasteiger partial charge in [-0.3, -0.25) is 14.5 Å². The van der Waals surface area contributed by atoms with Crippen LogP contribution in [0.1, 0.15) is 54.9 Å². The highest BCUT2D eigenvalue weighted by atomic mass is 32.2. The molecular formula is C24H32N2O3S. The predicted molar refractivity (Wildman–Crippen MR) is 127 cm³/mol. The van der Waals surface area contributed by atoms with Gasteiger partial charge in [0.25, 0.3) is 10.1 Å². The fourth-order valence-corrected chi connectivity index (χ4v) is 3.97. The molecule has 162 valence electrons. The summed E-state index contributed by atoms with van der Waals surface area (Å²) in [4.78, 5) is 9.88. The molecule has 2 aromatic rings. The Bertz CT molecular complexity index is 1010. The van der Waals surface area contributed by atoms with Crippen LogP contribution in [-0.4, -0.2) is 30.1 Å².